The zero-order valence-electron chi connectivity index (χ0n) is 12.2. The summed E-state index contributed by atoms with van der Waals surface area (Å²) in [5, 5.41) is 3.50. The maximum Gasteiger partial charge on any atom is 0.0951 e. The van der Waals surface area contributed by atoms with Crippen molar-refractivity contribution in [2.24, 2.45) is 0 Å². The minimum Gasteiger partial charge on any atom is -0.335 e. The maximum absolute atomic E-state index is 4.27. The number of hydrogen-bond acceptors (Lipinski definition) is 3. The van der Waals surface area contributed by atoms with E-state index in [1.165, 1.54) is 5.69 Å². The molecule has 0 radical (unpaired) electrons. The van der Waals surface area contributed by atoms with Gasteiger partial charge in [0, 0.05) is 43.3 Å². The van der Waals surface area contributed by atoms with Gasteiger partial charge in [0.15, 0.2) is 0 Å². The van der Waals surface area contributed by atoms with Crippen molar-refractivity contribution in [3.05, 3.63) is 36.9 Å². The van der Waals surface area contributed by atoms with Crippen LogP contribution in [0.4, 0.5) is 0 Å². The first-order valence-corrected chi connectivity index (χ1v) is 6.67. The normalized spacial score (nSPS) is 13.7. The Balaban J connectivity index is 2.02. The Morgan fingerprint density at radius 2 is 2.05 bits per heavy atom. The lowest BCUT2D eigenvalue weighted by Gasteiger charge is -2.22. The van der Waals surface area contributed by atoms with Crippen molar-refractivity contribution in [2.45, 2.75) is 52.4 Å². The smallest absolute Gasteiger partial charge is 0.0951 e. The van der Waals surface area contributed by atoms with Gasteiger partial charge >= 0.3 is 0 Å². The third kappa shape index (κ3) is 3.92. The molecule has 0 saturated heterocycles. The SMILES string of the molecule is CC(Cn1ccnc1)n1cncc1CNC(C)(C)C. The minimum atomic E-state index is 0.114. The van der Waals surface area contributed by atoms with Gasteiger partial charge in [0.05, 0.1) is 18.3 Å². The Labute approximate surface area is 114 Å². The summed E-state index contributed by atoms with van der Waals surface area (Å²) in [6, 6.07) is 0.355. The van der Waals surface area contributed by atoms with E-state index in [2.05, 4.69) is 52.1 Å². The van der Waals surface area contributed by atoms with E-state index in [-0.39, 0.29) is 5.54 Å². The molecule has 104 valence electrons. The summed E-state index contributed by atoms with van der Waals surface area (Å²) in [4.78, 5) is 8.34. The van der Waals surface area contributed by atoms with Crippen molar-refractivity contribution in [3.8, 4) is 0 Å². The monoisotopic (exact) mass is 261 g/mol. The molecule has 1 N–H and O–H groups in total. The predicted molar refractivity (Wildman–Crippen MR) is 75.8 cm³/mol. The second kappa shape index (κ2) is 5.57. The second-order valence-electron chi connectivity index (χ2n) is 6.00. The molecule has 0 spiro atoms. The van der Waals surface area contributed by atoms with E-state index in [0.29, 0.717) is 6.04 Å². The quantitative estimate of drug-likeness (QED) is 0.898. The van der Waals surface area contributed by atoms with Crippen molar-refractivity contribution in [3.63, 3.8) is 0 Å². The van der Waals surface area contributed by atoms with E-state index in [4.69, 9.17) is 0 Å². The van der Waals surface area contributed by atoms with Crippen molar-refractivity contribution in [2.75, 3.05) is 0 Å². The first-order valence-electron chi connectivity index (χ1n) is 6.67. The fourth-order valence-electron chi connectivity index (χ4n) is 2.01. The molecule has 5 heteroatoms. The molecule has 0 bridgehead atoms. The fraction of sp³-hybridized carbons (Fsp3) is 0.571. The van der Waals surface area contributed by atoms with E-state index < -0.39 is 0 Å². The highest BCUT2D eigenvalue weighted by Crippen LogP contribution is 2.13. The van der Waals surface area contributed by atoms with Crippen molar-refractivity contribution < 1.29 is 0 Å². The molecule has 2 heterocycles. The van der Waals surface area contributed by atoms with Crippen molar-refractivity contribution >= 4 is 0 Å². The molecule has 0 aliphatic carbocycles. The summed E-state index contributed by atoms with van der Waals surface area (Å²) in [5.41, 5.74) is 1.32. The number of nitrogens with zero attached hydrogens (tertiary/aromatic N) is 4. The first kappa shape index (κ1) is 13.8. The van der Waals surface area contributed by atoms with E-state index in [0.717, 1.165) is 13.1 Å². The van der Waals surface area contributed by atoms with Crippen LogP contribution >= 0.6 is 0 Å². The van der Waals surface area contributed by atoms with Crippen LogP contribution in [-0.4, -0.2) is 24.6 Å². The van der Waals surface area contributed by atoms with Gasteiger partial charge < -0.3 is 14.5 Å². The van der Waals surface area contributed by atoms with Crippen LogP contribution in [0, 0.1) is 0 Å². The molecule has 0 saturated carbocycles. The lowest BCUT2D eigenvalue weighted by Crippen LogP contribution is -2.35. The van der Waals surface area contributed by atoms with Gasteiger partial charge in [-0.1, -0.05) is 0 Å². The number of aromatic nitrogens is 4. The summed E-state index contributed by atoms with van der Waals surface area (Å²) in [5.74, 6) is 0. The van der Waals surface area contributed by atoms with Crippen LogP contribution in [0.15, 0.2) is 31.2 Å². The molecule has 0 aliphatic rings. The standard InChI is InChI=1S/C14H23N5/c1-12(9-18-6-5-15-10-18)19-11-16-7-13(19)8-17-14(2,3)4/h5-7,10-12,17H,8-9H2,1-4H3. The van der Waals surface area contributed by atoms with Gasteiger partial charge in [-0.15, -0.1) is 0 Å². The third-order valence-corrected chi connectivity index (χ3v) is 3.06. The van der Waals surface area contributed by atoms with E-state index in [1.807, 2.05) is 31.2 Å². The van der Waals surface area contributed by atoms with Crippen LogP contribution in [0.3, 0.4) is 0 Å². The summed E-state index contributed by atoms with van der Waals surface area (Å²) < 4.78 is 4.31. The van der Waals surface area contributed by atoms with Gasteiger partial charge in [0.2, 0.25) is 0 Å². The zero-order valence-corrected chi connectivity index (χ0v) is 12.2. The minimum absolute atomic E-state index is 0.114. The van der Waals surface area contributed by atoms with Crippen LogP contribution in [-0.2, 0) is 13.1 Å². The molecule has 0 amide bonds. The lowest BCUT2D eigenvalue weighted by molar-refractivity contribution is 0.398. The molecule has 19 heavy (non-hydrogen) atoms. The van der Waals surface area contributed by atoms with Gasteiger partial charge in [0.25, 0.3) is 0 Å². The highest BCUT2D eigenvalue weighted by Gasteiger charge is 2.13. The number of hydrogen-bond donors (Lipinski definition) is 1. The van der Waals surface area contributed by atoms with E-state index >= 15 is 0 Å². The Hall–Kier alpha value is -1.62. The highest BCUT2D eigenvalue weighted by atomic mass is 15.1. The largest absolute Gasteiger partial charge is 0.335 e. The molecule has 1 unspecified atom stereocenters. The number of rotatable bonds is 5. The van der Waals surface area contributed by atoms with Crippen LogP contribution < -0.4 is 5.32 Å². The molecule has 5 nitrogen and oxygen atoms in total. The van der Waals surface area contributed by atoms with Gasteiger partial charge in [-0.2, -0.15) is 0 Å². The molecule has 0 aliphatic heterocycles. The van der Waals surface area contributed by atoms with Gasteiger partial charge in [-0.25, -0.2) is 9.97 Å². The lowest BCUT2D eigenvalue weighted by atomic mass is 10.1. The number of imidazole rings is 2. The van der Waals surface area contributed by atoms with E-state index in [1.54, 1.807) is 0 Å². The van der Waals surface area contributed by atoms with Crippen LogP contribution in [0.2, 0.25) is 0 Å². The molecule has 0 fully saturated rings. The average Bonchev–Trinajstić information content (AvgIpc) is 2.95. The summed E-state index contributed by atoms with van der Waals surface area (Å²) in [6.45, 7) is 10.4. The summed E-state index contributed by atoms with van der Waals surface area (Å²) in [6.07, 6.45) is 9.48. The van der Waals surface area contributed by atoms with Crippen molar-refractivity contribution in [1.29, 1.82) is 0 Å². The van der Waals surface area contributed by atoms with Crippen LogP contribution in [0.1, 0.15) is 39.4 Å². The summed E-state index contributed by atoms with van der Waals surface area (Å²) in [7, 11) is 0. The van der Waals surface area contributed by atoms with E-state index in [9.17, 15) is 0 Å². The highest BCUT2D eigenvalue weighted by molar-refractivity contribution is 5.00. The average molecular weight is 261 g/mol. The number of nitrogens with one attached hydrogen (secondary N) is 1. The summed E-state index contributed by atoms with van der Waals surface area (Å²) >= 11 is 0. The van der Waals surface area contributed by atoms with Crippen LogP contribution in [0.25, 0.3) is 0 Å². The second-order valence-corrected chi connectivity index (χ2v) is 6.00. The topological polar surface area (TPSA) is 47.7 Å². The molecule has 2 rings (SSSR count). The van der Waals surface area contributed by atoms with Crippen molar-refractivity contribution in [1.82, 2.24) is 24.4 Å². The Morgan fingerprint density at radius 1 is 1.26 bits per heavy atom. The third-order valence-electron chi connectivity index (χ3n) is 3.06. The molecular formula is C14H23N5. The predicted octanol–water partition coefficient (Wildman–Crippen LogP) is 2.23. The molecule has 2 aromatic rings. The fourth-order valence-corrected chi connectivity index (χ4v) is 2.01. The Kier molecular flexibility index (Phi) is 4.04. The molecule has 0 aromatic carbocycles. The Bertz CT molecular complexity index is 492. The molecular weight excluding hydrogens is 238 g/mol. The molecule has 2 aromatic heterocycles. The molecule has 1 atom stereocenters. The first-order chi connectivity index (χ1) is 8.96. The maximum atomic E-state index is 4.27. The van der Waals surface area contributed by atoms with Crippen LogP contribution in [0.5, 0.6) is 0 Å². The van der Waals surface area contributed by atoms with Gasteiger partial charge in [-0.3, -0.25) is 0 Å². The Morgan fingerprint density at radius 3 is 2.68 bits per heavy atom. The van der Waals surface area contributed by atoms with Gasteiger partial charge in [-0.05, 0) is 27.7 Å². The zero-order chi connectivity index (χ0) is 13.9. The van der Waals surface area contributed by atoms with Gasteiger partial charge in [0.1, 0.15) is 0 Å².